The van der Waals surface area contributed by atoms with E-state index < -0.39 is 22.0 Å². The third-order valence-corrected chi connectivity index (χ3v) is 5.16. The van der Waals surface area contributed by atoms with Crippen molar-refractivity contribution in [2.45, 2.75) is 19.9 Å². The highest BCUT2D eigenvalue weighted by Crippen LogP contribution is 2.24. The number of rotatable bonds is 6. The lowest BCUT2D eigenvalue weighted by Crippen LogP contribution is -2.45. The Balaban J connectivity index is 2.31. The molecule has 0 radical (unpaired) electrons. The van der Waals surface area contributed by atoms with E-state index in [0.29, 0.717) is 22.0 Å². The molecule has 26 heavy (non-hydrogen) atoms. The molecule has 1 N–H and O–H groups in total. The summed E-state index contributed by atoms with van der Waals surface area (Å²) in [6.45, 7) is 2.90. The van der Waals surface area contributed by atoms with Crippen molar-refractivity contribution in [3.05, 3.63) is 59.1 Å². The van der Waals surface area contributed by atoms with E-state index in [0.717, 1.165) is 10.6 Å². The number of amides is 1. The van der Waals surface area contributed by atoms with Gasteiger partial charge in [0, 0.05) is 16.3 Å². The molecule has 0 spiro atoms. The number of Topliss-reactive ketones (excluding diaryl/α,β-unsaturated/α-hetero) is 1. The topological polar surface area (TPSA) is 83.6 Å². The molecule has 2 rings (SSSR count). The molecule has 1 atom stereocenters. The second kappa shape index (κ2) is 7.88. The van der Waals surface area contributed by atoms with E-state index in [2.05, 4.69) is 5.32 Å². The molecule has 1 amide bonds. The first-order chi connectivity index (χ1) is 12.1. The third kappa shape index (κ3) is 4.83. The highest BCUT2D eigenvalue weighted by Gasteiger charge is 2.29. The minimum absolute atomic E-state index is 0.133. The zero-order valence-electron chi connectivity index (χ0n) is 14.6. The molecule has 0 saturated carbocycles. The Morgan fingerprint density at radius 1 is 1.12 bits per heavy atom. The summed E-state index contributed by atoms with van der Waals surface area (Å²) in [6, 6.07) is 11.7. The molecule has 0 fully saturated rings. The Hall–Kier alpha value is -2.38. The second-order valence-corrected chi connectivity index (χ2v) is 8.14. The van der Waals surface area contributed by atoms with Crippen LogP contribution in [0.5, 0.6) is 0 Å². The van der Waals surface area contributed by atoms with Crippen molar-refractivity contribution in [1.82, 2.24) is 0 Å². The first-order valence-electron chi connectivity index (χ1n) is 7.76. The van der Waals surface area contributed by atoms with Crippen LogP contribution in [0.1, 0.15) is 24.2 Å². The van der Waals surface area contributed by atoms with Crippen molar-refractivity contribution in [2.24, 2.45) is 0 Å². The number of anilines is 2. The van der Waals surface area contributed by atoms with Crippen molar-refractivity contribution in [1.29, 1.82) is 0 Å². The summed E-state index contributed by atoms with van der Waals surface area (Å²) in [5, 5.41) is 3.00. The van der Waals surface area contributed by atoms with Gasteiger partial charge in [-0.2, -0.15) is 0 Å². The Kier molecular flexibility index (Phi) is 6.05. The molecule has 6 nitrogen and oxygen atoms in total. The first-order valence-corrected chi connectivity index (χ1v) is 9.99. The summed E-state index contributed by atoms with van der Waals surface area (Å²) in [7, 11) is -3.73. The molecule has 138 valence electrons. The molecule has 0 heterocycles. The monoisotopic (exact) mass is 394 g/mol. The zero-order valence-corrected chi connectivity index (χ0v) is 16.1. The fourth-order valence-corrected chi connectivity index (χ4v) is 3.84. The highest BCUT2D eigenvalue weighted by molar-refractivity contribution is 7.92. The van der Waals surface area contributed by atoms with Gasteiger partial charge in [-0.05, 0) is 44.2 Å². The number of carbonyl (C=O) groups excluding carboxylic acids is 2. The zero-order chi connectivity index (χ0) is 19.5. The lowest BCUT2D eigenvalue weighted by atomic mass is 10.1. The summed E-state index contributed by atoms with van der Waals surface area (Å²) in [5.41, 5.74) is 1.15. The predicted molar refractivity (Wildman–Crippen MR) is 103 cm³/mol. The largest absolute Gasteiger partial charge is 0.324 e. The van der Waals surface area contributed by atoms with Gasteiger partial charge >= 0.3 is 0 Å². The molecule has 1 unspecified atom stereocenters. The maximum Gasteiger partial charge on any atom is 0.247 e. The average Bonchev–Trinajstić information content (AvgIpc) is 2.53. The van der Waals surface area contributed by atoms with Gasteiger partial charge in [0.2, 0.25) is 15.9 Å². The molecule has 2 aromatic carbocycles. The predicted octanol–water partition coefficient (Wildman–Crippen LogP) is 3.34. The highest BCUT2D eigenvalue weighted by atomic mass is 35.5. The van der Waals surface area contributed by atoms with Gasteiger partial charge < -0.3 is 5.32 Å². The van der Waals surface area contributed by atoms with Gasteiger partial charge in [0.1, 0.15) is 6.04 Å². The number of hydrogen-bond donors (Lipinski definition) is 1. The summed E-state index contributed by atoms with van der Waals surface area (Å²) >= 11 is 5.95. The van der Waals surface area contributed by atoms with E-state index in [1.807, 2.05) is 0 Å². The molecular formula is C18H19ClN2O4S. The molecule has 0 aromatic heterocycles. The van der Waals surface area contributed by atoms with Crippen LogP contribution in [-0.4, -0.2) is 32.4 Å². The third-order valence-electron chi connectivity index (χ3n) is 3.69. The number of halogens is 1. The number of nitrogens with one attached hydrogen (secondary N) is 1. The Morgan fingerprint density at radius 3 is 2.35 bits per heavy atom. The maximum absolute atomic E-state index is 12.6. The Labute approximate surface area is 157 Å². The fraction of sp³-hybridized carbons (Fsp3) is 0.222. The van der Waals surface area contributed by atoms with Crippen LogP contribution in [0.15, 0.2) is 48.5 Å². The number of hydrogen-bond acceptors (Lipinski definition) is 4. The van der Waals surface area contributed by atoms with E-state index in [9.17, 15) is 18.0 Å². The number of benzene rings is 2. The first kappa shape index (κ1) is 19.9. The van der Waals surface area contributed by atoms with Crippen molar-refractivity contribution >= 4 is 44.7 Å². The quantitative estimate of drug-likeness (QED) is 0.761. The average molecular weight is 395 g/mol. The SMILES string of the molecule is CC(=O)c1cccc(NC(=O)C(C)N(c2cccc(Cl)c2)S(C)(=O)=O)c1. The van der Waals surface area contributed by atoms with E-state index in [1.54, 1.807) is 36.4 Å². The minimum Gasteiger partial charge on any atom is -0.324 e. The van der Waals surface area contributed by atoms with Crippen LogP contribution in [0.2, 0.25) is 5.02 Å². The summed E-state index contributed by atoms with van der Waals surface area (Å²) < 4.78 is 25.5. The van der Waals surface area contributed by atoms with Gasteiger partial charge in [-0.25, -0.2) is 8.42 Å². The van der Waals surface area contributed by atoms with Crippen molar-refractivity contribution < 1.29 is 18.0 Å². The van der Waals surface area contributed by atoms with Gasteiger partial charge in [-0.15, -0.1) is 0 Å². The van der Waals surface area contributed by atoms with Crippen LogP contribution < -0.4 is 9.62 Å². The van der Waals surface area contributed by atoms with Gasteiger partial charge in [0.15, 0.2) is 5.78 Å². The molecule has 0 aliphatic carbocycles. The van der Waals surface area contributed by atoms with Gasteiger partial charge in [-0.1, -0.05) is 29.8 Å². The van der Waals surface area contributed by atoms with Crippen molar-refractivity contribution in [2.75, 3.05) is 15.9 Å². The summed E-state index contributed by atoms with van der Waals surface area (Å²) in [4.78, 5) is 24.1. The fourth-order valence-electron chi connectivity index (χ4n) is 2.48. The van der Waals surface area contributed by atoms with Crippen molar-refractivity contribution in [3.63, 3.8) is 0 Å². The number of ketones is 1. The number of carbonyl (C=O) groups is 2. The second-order valence-electron chi connectivity index (χ2n) is 5.84. The van der Waals surface area contributed by atoms with Crippen LogP contribution in [0, 0.1) is 0 Å². The molecule has 0 aliphatic heterocycles. The van der Waals surface area contributed by atoms with Gasteiger partial charge in [-0.3, -0.25) is 13.9 Å². The Bertz CT molecular complexity index is 944. The minimum atomic E-state index is -3.73. The standard InChI is InChI=1S/C18H19ClN2O4S/c1-12(18(23)20-16-8-4-6-14(10-16)13(2)22)21(26(3,24)25)17-9-5-7-15(19)11-17/h4-12H,1-3H3,(H,20,23). The van der Waals surface area contributed by atoms with Crippen LogP contribution in [0.4, 0.5) is 11.4 Å². The van der Waals surface area contributed by atoms with Crippen LogP contribution in [0.3, 0.4) is 0 Å². The van der Waals surface area contributed by atoms with Crippen LogP contribution >= 0.6 is 11.6 Å². The molecule has 0 bridgehead atoms. The molecular weight excluding hydrogens is 376 g/mol. The summed E-state index contributed by atoms with van der Waals surface area (Å²) in [5.74, 6) is -0.665. The van der Waals surface area contributed by atoms with Crippen LogP contribution in [0.25, 0.3) is 0 Å². The van der Waals surface area contributed by atoms with Gasteiger partial charge in [0.05, 0.1) is 11.9 Å². The van der Waals surface area contributed by atoms with E-state index in [1.165, 1.54) is 26.0 Å². The van der Waals surface area contributed by atoms with E-state index in [4.69, 9.17) is 11.6 Å². The lowest BCUT2D eigenvalue weighted by molar-refractivity contribution is -0.116. The molecule has 2 aromatic rings. The molecule has 0 saturated heterocycles. The number of nitrogens with zero attached hydrogens (tertiary/aromatic N) is 1. The number of sulfonamides is 1. The van der Waals surface area contributed by atoms with Crippen LogP contribution in [-0.2, 0) is 14.8 Å². The smallest absolute Gasteiger partial charge is 0.247 e. The molecule has 8 heteroatoms. The molecule has 0 aliphatic rings. The Morgan fingerprint density at radius 2 is 1.77 bits per heavy atom. The van der Waals surface area contributed by atoms with Gasteiger partial charge in [0.25, 0.3) is 0 Å². The van der Waals surface area contributed by atoms with Crippen molar-refractivity contribution in [3.8, 4) is 0 Å². The maximum atomic E-state index is 12.6. The summed E-state index contributed by atoms with van der Waals surface area (Å²) in [6.07, 6.45) is 1.02. The van der Waals surface area contributed by atoms with E-state index in [-0.39, 0.29) is 5.78 Å². The lowest BCUT2D eigenvalue weighted by Gasteiger charge is -2.28. The van der Waals surface area contributed by atoms with E-state index >= 15 is 0 Å². The normalized spacial score (nSPS) is 12.3.